The largest absolute Gasteiger partial charge is 0.468 e. The van der Waals surface area contributed by atoms with Gasteiger partial charge in [0, 0.05) is 5.02 Å². The fourth-order valence-electron chi connectivity index (χ4n) is 1.03. The third-order valence-electron chi connectivity index (χ3n) is 1.82. The molecule has 3 N–H and O–H groups in total. The lowest BCUT2D eigenvalue weighted by Gasteiger charge is -2.09. The Balaban J connectivity index is 2.90. The number of ether oxygens (including phenoxy) is 1. The van der Waals surface area contributed by atoms with Gasteiger partial charge in [0.15, 0.2) is 5.75 Å². The molecule has 0 spiro atoms. The van der Waals surface area contributed by atoms with Gasteiger partial charge in [0.1, 0.15) is 0 Å². The van der Waals surface area contributed by atoms with E-state index in [0.29, 0.717) is 5.02 Å². The van der Waals surface area contributed by atoms with Crippen LogP contribution in [0.15, 0.2) is 18.2 Å². The van der Waals surface area contributed by atoms with Crippen molar-refractivity contribution in [3.63, 3.8) is 0 Å². The molecule has 0 saturated heterocycles. The number of nitrogen functional groups attached to an aromatic ring is 1. The molecule has 0 bridgehead atoms. The van der Waals surface area contributed by atoms with Crippen molar-refractivity contribution in [2.75, 3.05) is 23.3 Å². The molecule has 8 heteroatoms. The first kappa shape index (κ1) is 13.6. The molecule has 0 aliphatic carbocycles. The third kappa shape index (κ3) is 4.12. The summed E-state index contributed by atoms with van der Waals surface area (Å²) in [7, 11) is -2.75. The standard InChI is InChI=1S/C9H11ClN2O4S/c1-16-9(13)5-17(14,15)12-8-4-6(10)2-3-7(8)11/h2-4,12H,5,11H2,1H3. The van der Waals surface area contributed by atoms with Gasteiger partial charge in [-0.05, 0) is 18.2 Å². The molecular formula is C9H11ClN2O4S. The van der Waals surface area contributed by atoms with Crippen molar-refractivity contribution in [3.8, 4) is 0 Å². The van der Waals surface area contributed by atoms with E-state index in [1.165, 1.54) is 18.2 Å². The molecule has 0 aliphatic rings. The number of methoxy groups -OCH3 is 1. The van der Waals surface area contributed by atoms with Crippen molar-refractivity contribution in [3.05, 3.63) is 23.2 Å². The highest BCUT2D eigenvalue weighted by molar-refractivity contribution is 7.93. The number of benzene rings is 1. The van der Waals surface area contributed by atoms with Gasteiger partial charge in [-0.25, -0.2) is 8.42 Å². The molecular weight excluding hydrogens is 268 g/mol. The van der Waals surface area contributed by atoms with E-state index >= 15 is 0 Å². The van der Waals surface area contributed by atoms with Gasteiger partial charge in [-0.2, -0.15) is 0 Å². The van der Waals surface area contributed by atoms with Crippen LogP contribution in [0.25, 0.3) is 0 Å². The highest BCUT2D eigenvalue weighted by atomic mass is 35.5. The number of hydrogen-bond donors (Lipinski definition) is 2. The quantitative estimate of drug-likeness (QED) is 0.628. The van der Waals surface area contributed by atoms with Gasteiger partial charge in [-0.3, -0.25) is 9.52 Å². The first-order chi connectivity index (χ1) is 7.84. The Morgan fingerprint density at radius 2 is 2.18 bits per heavy atom. The Morgan fingerprint density at radius 1 is 1.53 bits per heavy atom. The van der Waals surface area contributed by atoms with Crippen molar-refractivity contribution >= 4 is 39.0 Å². The Bertz CT molecular complexity index is 530. The highest BCUT2D eigenvalue weighted by Gasteiger charge is 2.18. The number of carbonyl (C=O) groups is 1. The maximum Gasteiger partial charge on any atom is 0.322 e. The molecule has 0 atom stereocenters. The van der Waals surface area contributed by atoms with Crippen LogP contribution in [-0.4, -0.2) is 27.2 Å². The van der Waals surface area contributed by atoms with Gasteiger partial charge in [-0.15, -0.1) is 0 Å². The van der Waals surface area contributed by atoms with E-state index in [0.717, 1.165) is 7.11 Å². The van der Waals surface area contributed by atoms with Crippen LogP contribution in [0.1, 0.15) is 0 Å². The number of sulfonamides is 1. The lowest BCUT2D eigenvalue weighted by Crippen LogP contribution is -2.24. The Kier molecular flexibility index (Phi) is 4.19. The smallest absolute Gasteiger partial charge is 0.322 e. The Morgan fingerprint density at radius 3 is 2.76 bits per heavy atom. The predicted molar refractivity (Wildman–Crippen MR) is 65.3 cm³/mol. The van der Waals surface area contributed by atoms with Gasteiger partial charge in [0.2, 0.25) is 10.0 Å². The molecule has 0 amide bonds. The van der Waals surface area contributed by atoms with E-state index in [2.05, 4.69) is 9.46 Å². The molecule has 1 aromatic rings. The van der Waals surface area contributed by atoms with E-state index in [9.17, 15) is 13.2 Å². The van der Waals surface area contributed by atoms with Crippen LogP contribution < -0.4 is 10.5 Å². The van der Waals surface area contributed by atoms with Gasteiger partial charge < -0.3 is 10.5 Å². The lowest BCUT2D eigenvalue weighted by molar-refractivity contribution is -0.137. The van der Waals surface area contributed by atoms with E-state index in [-0.39, 0.29) is 11.4 Å². The summed E-state index contributed by atoms with van der Waals surface area (Å²) in [6.45, 7) is 0. The molecule has 0 radical (unpaired) electrons. The normalized spacial score (nSPS) is 10.9. The van der Waals surface area contributed by atoms with Crippen molar-refractivity contribution in [2.45, 2.75) is 0 Å². The molecule has 1 aromatic carbocycles. The van der Waals surface area contributed by atoms with Crippen molar-refractivity contribution in [1.29, 1.82) is 0 Å². The molecule has 0 fully saturated rings. The SMILES string of the molecule is COC(=O)CS(=O)(=O)Nc1cc(Cl)ccc1N. The van der Waals surface area contributed by atoms with Crippen molar-refractivity contribution < 1.29 is 17.9 Å². The topological polar surface area (TPSA) is 98.5 Å². The molecule has 0 aliphatic heterocycles. The minimum absolute atomic E-state index is 0.126. The Hall–Kier alpha value is -1.47. The second-order valence-corrected chi connectivity index (χ2v) is 5.33. The molecule has 0 unspecified atom stereocenters. The average Bonchev–Trinajstić information content (AvgIpc) is 2.22. The third-order valence-corrected chi connectivity index (χ3v) is 3.20. The van der Waals surface area contributed by atoms with Crippen LogP contribution in [0.5, 0.6) is 0 Å². The summed E-state index contributed by atoms with van der Waals surface area (Å²) in [5.41, 5.74) is 5.90. The van der Waals surface area contributed by atoms with Gasteiger partial charge in [-0.1, -0.05) is 11.6 Å². The maximum absolute atomic E-state index is 11.5. The first-order valence-electron chi connectivity index (χ1n) is 4.46. The van der Waals surface area contributed by atoms with Gasteiger partial charge >= 0.3 is 5.97 Å². The van der Waals surface area contributed by atoms with Crippen molar-refractivity contribution in [2.24, 2.45) is 0 Å². The minimum atomic E-state index is -3.85. The molecule has 1 rings (SSSR count). The number of rotatable bonds is 4. The number of anilines is 2. The van der Waals surface area contributed by atoms with E-state index in [1.54, 1.807) is 0 Å². The first-order valence-corrected chi connectivity index (χ1v) is 6.49. The summed E-state index contributed by atoms with van der Waals surface area (Å²) in [6, 6.07) is 4.33. The van der Waals surface area contributed by atoms with E-state index in [1.807, 2.05) is 0 Å². The van der Waals surface area contributed by atoms with Crippen LogP contribution in [0.4, 0.5) is 11.4 Å². The van der Waals surface area contributed by atoms with Crippen LogP contribution in [0.3, 0.4) is 0 Å². The zero-order valence-corrected chi connectivity index (χ0v) is 10.5. The zero-order chi connectivity index (χ0) is 13.1. The molecule has 94 valence electrons. The summed E-state index contributed by atoms with van der Waals surface area (Å²) < 4.78 is 29.5. The fourth-order valence-corrected chi connectivity index (χ4v) is 2.22. The molecule has 6 nitrogen and oxygen atoms in total. The van der Waals surface area contributed by atoms with Gasteiger partial charge in [0.05, 0.1) is 18.5 Å². The minimum Gasteiger partial charge on any atom is -0.468 e. The highest BCUT2D eigenvalue weighted by Crippen LogP contribution is 2.23. The zero-order valence-electron chi connectivity index (χ0n) is 8.94. The van der Waals surface area contributed by atoms with Crippen LogP contribution in [0.2, 0.25) is 5.02 Å². The van der Waals surface area contributed by atoms with Crippen LogP contribution in [0, 0.1) is 0 Å². The molecule has 17 heavy (non-hydrogen) atoms. The number of nitrogens with two attached hydrogens (primary N) is 1. The maximum atomic E-state index is 11.5. The number of halogens is 1. The summed E-state index contributed by atoms with van der Waals surface area (Å²) in [6.07, 6.45) is 0. The Labute approximate surface area is 104 Å². The summed E-state index contributed by atoms with van der Waals surface area (Å²) in [5.74, 6) is -1.65. The van der Waals surface area contributed by atoms with Crippen LogP contribution >= 0.6 is 11.6 Å². The number of hydrogen-bond acceptors (Lipinski definition) is 5. The van der Waals surface area contributed by atoms with Crippen molar-refractivity contribution in [1.82, 2.24) is 0 Å². The van der Waals surface area contributed by atoms with E-state index < -0.39 is 21.7 Å². The second kappa shape index (κ2) is 5.24. The van der Waals surface area contributed by atoms with Crippen LogP contribution in [-0.2, 0) is 19.6 Å². The lowest BCUT2D eigenvalue weighted by atomic mass is 10.3. The molecule has 0 aromatic heterocycles. The monoisotopic (exact) mass is 278 g/mol. The average molecular weight is 279 g/mol. The summed E-state index contributed by atoms with van der Waals surface area (Å²) in [4.78, 5) is 10.9. The van der Waals surface area contributed by atoms with E-state index in [4.69, 9.17) is 17.3 Å². The molecule has 0 heterocycles. The number of carbonyl (C=O) groups excluding carboxylic acids is 1. The molecule has 0 saturated carbocycles. The summed E-state index contributed by atoms with van der Waals surface area (Å²) >= 11 is 5.70. The second-order valence-electron chi connectivity index (χ2n) is 3.17. The number of esters is 1. The number of nitrogens with one attached hydrogen (secondary N) is 1. The predicted octanol–water partition coefficient (Wildman–Crippen LogP) is 0.837. The summed E-state index contributed by atoms with van der Waals surface area (Å²) in [5, 5.41) is 0.329. The fraction of sp³-hybridized carbons (Fsp3) is 0.222. The van der Waals surface area contributed by atoms with Gasteiger partial charge in [0.25, 0.3) is 0 Å².